The topological polar surface area (TPSA) is 58.6 Å². The predicted octanol–water partition coefficient (Wildman–Crippen LogP) is 3.28. The summed E-state index contributed by atoms with van der Waals surface area (Å²) in [6.07, 6.45) is 3.37. The Morgan fingerprint density at radius 1 is 1.23 bits per heavy atom. The largest absolute Gasteiger partial charge is 0.377 e. The van der Waals surface area contributed by atoms with Gasteiger partial charge in [0.05, 0.1) is 18.3 Å². The summed E-state index contributed by atoms with van der Waals surface area (Å²) in [6.45, 7) is 6.31. The number of likely N-dealkylation sites (tertiary alicyclic amines) is 2. The third kappa shape index (κ3) is 5.04. The van der Waals surface area contributed by atoms with E-state index in [9.17, 15) is 9.18 Å². The van der Waals surface area contributed by atoms with Gasteiger partial charge in [0, 0.05) is 43.5 Å². The molecule has 30 heavy (non-hydrogen) atoms. The fraction of sp³-hybridized carbons (Fsp3) is 0.591. The summed E-state index contributed by atoms with van der Waals surface area (Å²) in [5, 5.41) is 6.22. The number of halogens is 1. The number of aromatic nitrogens is 2. The maximum atomic E-state index is 13.4. The second-order valence-electron chi connectivity index (χ2n) is 8.26. The van der Waals surface area contributed by atoms with Gasteiger partial charge < -0.3 is 9.64 Å². The Morgan fingerprint density at radius 3 is 2.77 bits per heavy atom. The Morgan fingerprint density at radius 2 is 2.03 bits per heavy atom. The van der Waals surface area contributed by atoms with Crippen molar-refractivity contribution in [3.8, 4) is 0 Å². The van der Waals surface area contributed by atoms with Crippen LogP contribution in [0.2, 0.25) is 0 Å². The molecule has 0 radical (unpaired) electrons. The van der Waals surface area contributed by atoms with Crippen LogP contribution >= 0.6 is 11.5 Å². The zero-order valence-electron chi connectivity index (χ0n) is 17.4. The molecule has 6 nitrogen and oxygen atoms in total. The number of rotatable bonds is 7. The summed E-state index contributed by atoms with van der Waals surface area (Å²) in [5.74, 6) is 0.0750. The van der Waals surface area contributed by atoms with Gasteiger partial charge in [-0.3, -0.25) is 9.69 Å². The summed E-state index contributed by atoms with van der Waals surface area (Å²) in [7, 11) is 0. The number of hydrogen-bond donors (Lipinski definition) is 0. The van der Waals surface area contributed by atoms with Gasteiger partial charge in [0.25, 0.3) is 0 Å². The molecule has 3 atom stereocenters. The molecule has 0 saturated carbocycles. The highest BCUT2D eigenvalue weighted by molar-refractivity contribution is 7.03. The van der Waals surface area contributed by atoms with Crippen LogP contribution in [0.15, 0.2) is 29.6 Å². The van der Waals surface area contributed by atoms with Crippen LogP contribution in [-0.2, 0) is 9.53 Å². The molecule has 2 aromatic rings. The molecule has 4 rings (SSSR count). The zero-order valence-corrected chi connectivity index (χ0v) is 18.2. The molecule has 0 spiro atoms. The van der Waals surface area contributed by atoms with Crippen molar-refractivity contribution in [2.24, 2.45) is 0 Å². The normalized spacial score (nSPS) is 25.0. The van der Waals surface area contributed by atoms with Crippen LogP contribution in [-0.4, -0.2) is 70.7 Å². The standard InChI is InChI=1S/C22H29FN4O2S/c1-2-10-29-18-4-3-9-26(11-18)14-22(28)27-12-19(16-5-7-17(23)8-6-16)20(13-27)21-15-30-25-24-21/h5-8,15,18-20H,2-4,9-14H2,1H3/t18-,19+,20-/m1/s1. The first-order valence-electron chi connectivity index (χ1n) is 10.8. The summed E-state index contributed by atoms with van der Waals surface area (Å²) in [6, 6.07) is 6.61. The molecule has 0 aliphatic carbocycles. The van der Waals surface area contributed by atoms with E-state index in [0.29, 0.717) is 19.6 Å². The number of hydrogen-bond acceptors (Lipinski definition) is 6. The monoisotopic (exact) mass is 432 g/mol. The van der Waals surface area contributed by atoms with Gasteiger partial charge >= 0.3 is 0 Å². The van der Waals surface area contributed by atoms with Crippen LogP contribution in [0.4, 0.5) is 4.39 Å². The average Bonchev–Trinajstić information content (AvgIpc) is 3.43. The zero-order chi connectivity index (χ0) is 20.9. The van der Waals surface area contributed by atoms with E-state index in [1.165, 1.54) is 23.7 Å². The average molecular weight is 433 g/mol. The van der Waals surface area contributed by atoms with Gasteiger partial charge in [0.15, 0.2) is 0 Å². The second kappa shape index (κ2) is 9.94. The molecule has 8 heteroatoms. The van der Waals surface area contributed by atoms with Crippen molar-refractivity contribution in [3.05, 3.63) is 46.7 Å². The lowest BCUT2D eigenvalue weighted by Crippen LogP contribution is -2.45. The summed E-state index contributed by atoms with van der Waals surface area (Å²) >= 11 is 1.32. The first-order valence-corrected chi connectivity index (χ1v) is 11.6. The third-order valence-electron chi connectivity index (χ3n) is 6.11. The number of carbonyl (C=O) groups excluding carboxylic acids is 1. The molecule has 2 fully saturated rings. The molecule has 1 amide bonds. The van der Waals surface area contributed by atoms with Gasteiger partial charge in [-0.2, -0.15) is 0 Å². The minimum Gasteiger partial charge on any atom is -0.377 e. The summed E-state index contributed by atoms with van der Waals surface area (Å²) in [4.78, 5) is 17.3. The number of piperidine rings is 1. The molecule has 1 aromatic carbocycles. The van der Waals surface area contributed by atoms with E-state index in [1.54, 1.807) is 0 Å². The number of benzene rings is 1. The van der Waals surface area contributed by atoms with Crippen molar-refractivity contribution in [2.45, 2.75) is 44.1 Å². The Bertz CT molecular complexity index is 817. The molecular formula is C22H29FN4O2S. The van der Waals surface area contributed by atoms with E-state index >= 15 is 0 Å². The van der Waals surface area contributed by atoms with Crippen molar-refractivity contribution in [1.29, 1.82) is 0 Å². The summed E-state index contributed by atoms with van der Waals surface area (Å²) < 4.78 is 23.3. The fourth-order valence-electron chi connectivity index (χ4n) is 4.56. The SMILES string of the molecule is CCCO[C@@H]1CCCN(CC(=O)N2C[C@@H](c3ccc(F)cc3)[C@H](c3csnn3)C2)C1. The number of carbonyl (C=O) groups is 1. The maximum absolute atomic E-state index is 13.4. The first kappa shape index (κ1) is 21.3. The minimum atomic E-state index is -0.249. The summed E-state index contributed by atoms with van der Waals surface area (Å²) in [5.41, 5.74) is 1.95. The highest BCUT2D eigenvalue weighted by Crippen LogP contribution is 2.39. The van der Waals surface area contributed by atoms with Gasteiger partial charge in [-0.15, -0.1) is 5.10 Å². The fourth-order valence-corrected chi connectivity index (χ4v) is 5.08. The lowest BCUT2D eigenvalue weighted by molar-refractivity contribution is -0.132. The highest BCUT2D eigenvalue weighted by Gasteiger charge is 2.39. The number of amides is 1. The van der Waals surface area contributed by atoms with Gasteiger partial charge in [-0.25, -0.2) is 4.39 Å². The first-order chi connectivity index (χ1) is 14.6. The minimum absolute atomic E-state index is 0.0835. The molecule has 0 unspecified atom stereocenters. The Balaban J connectivity index is 1.42. The lowest BCUT2D eigenvalue weighted by Gasteiger charge is -2.33. The van der Waals surface area contributed by atoms with Crippen LogP contribution in [0, 0.1) is 5.82 Å². The molecule has 0 bridgehead atoms. The highest BCUT2D eigenvalue weighted by atomic mass is 32.1. The van der Waals surface area contributed by atoms with E-state index in [2.05, 4.69) is 21.4 Å². The van der Waals surface area contributed by atoms with Crippen molar-refractivity contribution in [1.82, 2.24) is 19.4 Å². The Labute approximate surface area is 181 Å². The van der Waals surface area contributed by atoms with Crippen molar-refractivity contribution in [3.63, 3.8) is 0 Å². The molecule has 162 valence electrons. The number of ether oxygens (including phenoxy) is 1. The van der Waals surface area contributed by atoms with E-state index < -0.39 is 0 Å². The molecule has 2 saturated heterocycles. The van der Waals surface area contributed by atoms with Crippen LogP contribution in [0.25, 0.3) is 0 Å². The van der Waals surface area contributed by atoms with Crippen LogP contribution in [0.1, 0.15) is 49.3 Å². The molecule has 2 aliphatic rings. The van der Waals surface area contributed by atoms with E-state index in [0.717, 1.165) is 50.2 Å². The lowest BCUT2D eigenvalue weighted by atomic mass is 9.87. The van der Waals surface area contributed by atoms with E-state index in [1.807, 2.05) is 22.4 Å². The van der Waals surface area contributed by atoms with Crippen LogP contribution in [0.5, 0.6) is 0 Å². The van der Waals surface area contributed by atoms with Crippen molar-refractivity contribution in [2.75, 3.05) is 39.3 Å². The van der Waals surface area contributed by atoms with Crippen LogP contribution in [0.3, 0.4) is 0 Å². The molecule has 0 N–H and O–H groups in total. The van der Waals surface area contributed by atoms with Gasteiger partial charge in [0.1, 0.15) is 5.82 Å². The van der Waals surface area contributed by atoms with E-state index in [-0.39, 0.29) is 29.7 Å². The van der Waals surface area contributed by atoms with Gasteiger partial charge in [-0.05, 0) is 55.0 Å². The van der Waals surface area contributed by atoms with Crippen molar-refractivity contribution < 1.29 is 13.9 Å². The Hall–Kier alpha value is -1.90. The molecule has 3 heterocycles. The van der Waals surface area contributed by atoms with E-state index in [4.69, 9.17) is 4.74 Å². The molecule has 2 aliphatic heterocycles. The van der Waals surface area contributed by atoms with Crippen molar-refractivity contribution >= 4 is 17.4 Å². The second-order valence-corrected chi connectivity index (χ2v) is 8.87. The molecule has 1 aromatic heterocycles. The van der Waals surface area contributed by atoms with Gasteiger partial charge in [0.2, 0.25) is 5.91 Å². The molecular weight excluding hydrogens is 403 g/mol. The third-order valence-corrected chi connectivity index (χ3v) is 6.63. The smallest absolute Gasteiger partial charge is 0.236 e. The Kier molecular flexibility index (Phi) is 7.07. The van der Waals surface area contributed by atoms with Gasteiger partial charge in [-0.1, -0.05) is 23.5 Å². The quantitative estimate of drug-likeness (QED) is 0.672. The van der Waals surface area contributed by atoms with Crippen LogP contribution < -0.4 is 0 Å². The predicted molar refractivity (Wildman–Crippen MR) is 114 cm³/mol. The maximum Gasteiger partial charge on any atom is 0.236 e. The number of nitrogens with zero attached hydrogens (tertiary/aromatic N) is 4.